The molecule has 1 saturated heterocycles. The summed E-state index contributed by atoms with van der Waals surface area (Å²) in [6, 6.07) is 3.51. The van der Waals surface area contributed by atoms with Crippen molar-refractivity contribution in [3.05, 3.63) is 27.7 Å². The quantitative estimate of drug-likeness (QED) is 0.670. The van der Waals surface area contributed by atoms with Gasteiger partial charge in [-0.05, 0) is 12.1 Å². The fourth-order valence-electron chi connectivity index (χ4n) is 1.86. The van der Waals surface area contributed by atoms with E-state index in [0.29, 0.717) is 29.1 Å². The van der Waals surface area contributed by atoms with Crippen molar-refractivity contribution in [2.75, 3.05) is 6.54 Å². The summed E-state index contributed by atoms with van der Waals surface area (Å²) in [5.41, 5.74) is 1.64. The van der Waals surface area contributed by atoms with E-state index in [1.807, 2.05) is 4.90 Å². The van der Waals surface area contributed by atoms with Crippen molar-refractivity contribution in [1.82, 2.24) is 10.2 Å². The van der Waals surface area contributed by atoms with Crippen molar-refractivity contribution in [3.63, 3.8) is 0 Å². The first kappa shape index (κ1) is 12.5. The number of halogens is 3. The molecule has 1 aromatic carbocycles. The summed E-state index contributed by atoms with van der Waals surface area (Å²) in [6.07, 6.45) is 0. The molecular formula is C10H8Cl3N3O. The predicted molar refractivity (Wildman–Crippen MR) is 63.2 cm³/mol. The Bertz CT molecular complexity index is 535. The number of nitrogens with one attached hydrogen (secondary N) is 1. The molecule has 7 heteroatoms. The summed E-state index contributed by atoms with van der Waals surface area (Å²) >= 11 is 12.0. The Labute approximate surface area is 115 Å². The lowest BCUT2D eigenvalue weighted by Gasteiger charge is -2.23. The number of rotatable bonds is 0. The normalized spacial score (nSPS) is 16.7. The fraction of sp³-hybridized carbons (Fsp3) is 0.200. The Morgan fingerprint density at radius 1 is 1.35 bits per heavy atom. The first-order valence-electron chi connectivity index (χ1n) is 4.75. The highest BCUT2D eigenvalue weighted by Crippen LogP contribution is 2.36. The van der Waals surface area contributed by atoms with Crippen LogP contribution in [0.5, 0.6) is 0 Å². The summed E-state index contributed by atoms with van der Waals surface area (Å²) in [5.74, 6) is 0.546. The molecule has 2 aliphatic rings. The molecule has 17 heavy (non-hydrogen) atoms. The molecule has 2 aliphatic heterocycles. The van der Waals surface area contributed by atoms with Crippen LogP contribution < -0.4 is 17.7 Å². The number of fused-ring (bicyclic) bond motifs is 2. The molecule has 1 amide bonds. The summed E-state index contributed by atoms with van der Waals surface area (Å²) in [4.78, 5) is 17.4. The van der Waals surface area contributed by atoms with Gasteiger partial charge in [-0.1, -0.05) is 23.2 Å². The number of guanidine groups is 1. The highest BCUT2D eigenvalue weighted by atomic mass is 35.5. The van der Waals surface area contributed by atoms with Gasteiger partial charge in [-0.3, -0.25) is 10.1 Å². The van der Waals surface area contributed by atoms with Gasteiger partial charge in [-0.2, -0.15) is 0 Å². The average Bonchev–Trinajstić information content (AvgIpc) is 2.61. The molecule has 0 atom stereocenters. The minimum atomic E-state index is -0.0474. The molecule has 0 aliphatic carbocycles. The summed E-state index contributed by atoms with van der Waals surface area (Å²) in [7, 11) is 0. The van der Waals surface area contributed by atoms with Gasteiger partial charge in [0.1, 0.15) is 6.54 Å². The summed E-state index contributed by atoms with van der Waals surface area (Å²) in [6.45, 7) is 0.882. The van der Waals surface area contributed by atoms with Gasteiger partial charge in [0.2, 0.25) is 11.9 Å². The highest BCUT2D eigenvalue weighted by Gasteiger charge is 2.30. The molecule has 0 bridgehead atoms. The molecule has 0 saturated carbocycles. The number of aliphatic imine (C=N–C) groups is 1. The maximum absolute atomic E-state index is 11.2. The number of hydrogen-bond donors (Lipinski definition) is 1. The maximum Gasteiger partial charge on any atom is 1.00 e. The van der Waals surface area contributed by atoms with E-state index in [9.17, 15) is 4.79 Å². The molecule has 3 rings (SSSR count). The Morgan fingerprint density at radius 3 is 2.88 bits per heavy atom. The Kier molecular flexibility index (Phi) is 3.21. The van der Waals surface area contributed by atoms with Crippen molar-refractivity contribution < 1.29 is 18.6 Å². The molecule has 1 aromatic rings. The summed E-state index contributed by atoms with van der Waals surface area (Å²) in [5, 5.41) is 3.72. The van der Waals surface area contributed by atoms with Crippen LogP contribution in [0.4, 0.5) is 5.69 Å². The van der Waals surface area contributed by atoms with Crippen LogP contribution in [0.25, 0.3) is 0 Å². The van der Waals surface area contributed by atoms with Gasteiger partial charge < -0.3 is 17.3 Å². The number of amides is 1. The van der Waals surface area contributed by atoms with E-state index in [1.165, 1.54) is 0 Å². The summed E-state index contributed by atoms with van der Waals surface area (Å²) < 4.78 is 0. The van der Waals surface area contributed by atoms with E-state index in [0.717, 1.165) is 11.3 Å². The van der Waals surface area contributed by atoms with Crippen LogP contribution in [0.15, 0.2) is 17.1 Å². The van der Waals surface area contributed by atoms with Crippen LogP contribution in [-0.2, 0) is 11.3 Å². The van der Waals surface area contributed by atoms with Crippen LogP contribution >= 0.6 is 23.2 Å². The lowest BCUT2D eigenvalue weighted by molar-refractivity contribution is -0.118. The first-order valence-corrected chi connectivity index (χ1v) is 5.51. The molecule has 2 heterocycles. The SMILES string of the molecule is O=C1CN2Cc3c(ccc(Cl)c3Cl)N=C2N1.[Cl-].[H+]. The number of hydrogen-bond acceptors (Lipinski definition) is 3. The Morgan fingerprint density at radius 2 is 2.12 bits per heavy atom. The molecule has 1 N–H and O–H groups in total. The Hall–Kier alpha value is -0.970. The van der Waals surface area contributed by atoms with Crippen molar-refractivity contribution >= 4 is 40.8 Å². The Balaban J connectivity index is 0.000000810. The van der Waals surface area contributed by atoms with Gasteiger partial charge in [0, 0.05) is 5.56 Å². The second-order valence-electron chi connectivity index (χ2n) is 3.70. The number of benzene rings is 1. The topological polar surface area (TPSA) is 44.7 Å². The highest BCUT2D eigenvalue weighted by molar-refractivity contribution is 6.42. The van der Waals surface area contributed by atoms with Crippen molar-refractivity contribution in [2.24, 2.45) is 4.99 Å². The van der Waals surface area contributed by atoms with E-state index in [1.54, 1.807) is 12.1 Å². The number of nitrogens with zero attached hydrogens (tertiary/aromatic N) is 2. The monoisotopic (exact) mass is 291 g/mol. The van der Waals surface area contributed by atoms with Crippen LogP contribution in [0.1, 0.15) is 6.99 Å². The second-order valence-corrected chi connectivity index (χ2v) is 4.48. The average molecular weight is 293 g/mol. The van der Waals surface area contributed by atoms with Crippen molar-refractivity contribution in [3.8, 4) is 0 Å². The third kappa shape index (κ3) is 1.97. The van der Waals surface area contributed by atoms with Gasteiger partial charge in [0.25, 0.3) is 0 Å². The van der Waals surface area contributed by atoms with Crippen molar-refractivity contribution in [1.29, 1.82) is 0 Å². The zero-order valence-corrected chi connectivity index (χ0v) is 10.8. The van der Waals surface area contributed by atoms with Crippen LogP contribution in [0.3, 0.4) is 0 Å². The van der Waals surface area contributed by atoms with Gasteiger partial charge in [0.15, 0.2) is 0 Å². The first-order chi connectivity index (χ1) is 7.65. The fourth-order valence-corrected chi connectivity index (χ4v) is 2.26. The van der Waals surface area contributed by atoms with Crippen LogP contribution in [0, 0.1) is 0 Å². The number of carbonyl (C=O) groups is 1. The van der Waals surface area contributed by atoms with Crippen LogP contribution in [-0.4, -0.2) is 23.3 Å². The molecule has 1 fully saturated rings. The molecule has 0 radical (unpaired) electrons. The second kappa shape index (κ2) is 4.37. The lowest BCUT2D eigenvalue weighted by Crippen LogP contribution is -3.00. The number of carbonyl (C=O) groups excluding carboxylic acids is 1. The van der Waals surface area contributed by atoms with E-state index >= 15 is 0 Å². The zero-order valence-electron chi connectivity index (χ0n) is 9.51. The maximum atomic E-state index is 11.2. The van der Waals surface area contributed by atoms with Gasteiger partial charge in [-0.25, -0.2) is 4.99 Å². The molecule has 0 unspecified atom stereocenters. The lowest BCUT2D eigenvalue weighted by atomic mass is 10.1. The zero-order chi connectivity index (χ0) is 11.3. The van der Waals surface area contributed by atoms with E-state index in [-0.39, 0.29) is 19.7 Å². The standard InChI is InChI=1S/C10H7Cl2N3O.ClH/c11-6-1-2-7-5(9(6)12)3-15-4-8(16)14-10(15)13-7;/h1-2H,3-4H2,(H,13,14,16);1H. The third-order valence-electron chi connectivity index (χ3n) is 2.63. The van der Waals surface area contributed by atoms with E-state index in [2.05, 4.69) is 10.3 Å². The van der Waals surface area contributed by atoms with E-state index in [4.69, 9.17) is 23.2 Å². The van der Waals surface area contributed by atoms with Crippen LogP contribution in [0.2, 0.25) is 10.0 Å². The molecule has 4 nitrogen and oxygen atoms in total. The van der Waals surface area contributed by atoms with Gasteiger partial charge in [-0.15, -0.1) is 0 Å². The molecule has 90 valence electrons. The molecule has 0 aromatic heterocycles. The third-order valence-corrected chi connectivity index (χ3v) is 3.48. The predicted octanol–water partition coefficient (Wildman–Crippen LogP) is -0.957. The van der Waals surface area contributed by atoms with Crippen molar-refractivity contribution in [2.45, 2.75) is 6.54 Å². The molecule has 0 spiro atoms. The van der Waals surface area contributed by atoms with Gasteiger partial charge in [0.05, 0.1) is 22.3 Å². The minimum absolute atomic E-state index is 0. The smallest absolute Gasteiger partial charge is 1.00 e. The minimum Gasteiger partial charge on any atom is -1.00 e. The van der Waals surface area contributed by atoms with E-state index < -0.39 is 0 Å². The van der Waals surface area contributed by atoms with Gasteiger partial charge >= 0.3 is 1.43 Å². The molecular weight excluding hydrogens is 284 g/mol. The largest absolute Gasteiger partial charge is 1.00 e.